The molecule has 0 saturated carbocycles. The van der Waals surface area contributed by atoms with Crippen LogP contribution in [0, 0.1) is 0 Å². The van der Waals surface area contributed by atoms with Gasteiger partial charge < -0.3 is 10.2 Å². The molecule has 1 aromatic rings. The zero-order valence-electron chi connectivity index (χ0n) is 8.94. The second-order valence-corrected chi connectivity index (χ2v) is 4.72. The van der Waals surface area contributed by atoms with Gasteiger partial charge in [0.05, 0.1) is 18.1 Å². The first-order valence-corrected chi connectivity index (χ1v) is 6.34. The number of nitrogens with zero attached hydrogens (tertiary/aromatic N) is 3. The first-order chi connectivity index (χ1) is 7.40. The molecular formula is C10H16N4S. The molecule has 1 fully saturated rings. The zero-order chi connectivity index (χ0) is 10.5. The van der Waals surface area contributed by atoms with Crippen LogP contribution in [0.4, 0.5) is 5.82 Å². The third-order valence-corrected chi connectivity index (χ3v) is 3.33. The molecule has 1 N–H and O–H groups in total. The van der Waals surface area contributed by atoms with Gasteiger partial charge in [-0.1, -0.05) is 0 Å². The first-order valence-electron chi connectivity index (χ1n) is 5.18. The fraction of sp³-hybridized carbons (Fsp3) is 0.600. The van der Waals surface area contributed by atoms with Gasteiger partial charge in [-0.3, -0.25) is 4.98 Å². The van der Waals surface area contributed by atoms with E-state index in [2.05, 4.69) is 20.2 Å². The molecule has 0 bridgehead atoms. The summed E-state index contributed by atoms with van der Waals surface area (Å²) >= 11 is 2.00. The molecule has 2 rings (SSSR count). The van der Waals surface area contributed by atoms with Crippen LogP contribution in [0.2, 0.25) is 0 Å². The predicted molar refractivity (Wildman–Crippen MR) is 64.3 cm³/mol. The van der Waals surface area contributed by atoms with Crippen LogP contribution in [-0.2, 0) is 6.54 Å². The topological polar surface area (TPSA) is 41.1 Å². The van der Waals surface area contributed by atoms with Gasteiger partial charge in [0, 0.05) is 31.1 Å². The van der Waals surface area contributed by atoms with Crippen LogP contribution >= 0.6 is 11.8 Å². The van der Waals surface area contributed by atoms with Gasteiger partial charge in [0.15, 0.2) is 0 Å². The van der Waals surface area contributed by atoms with Crippen molar-refractivity contribution in [2.75, 3.05) is 36.5 Å². The number of rotatable bonds is 3. The summed E-state index contributed by atoms with van der Waals surface area (Å²) in [6.07, 6.45) is 3.73. The Balaban J connectivity index is 2.02. The lowest BCUT2D eigenvalue weighted by Crippen LogP contribution is -2.33. The van der Waals surface area contributed by atoms with Crippen LogP contribution in [0.15, 0.2) is 12.4 Å². The average molecular weight is 224 g/mol. The molecule has 1 aliphatic heterocycles. The zero-order valence-corrected chi connectivity index (χ0v) is 9.76. The van der Waals surface area contributed by atoms with E-state index in [0.29, 0.717) is 0 Å². The van der Waals surface area contributed by atoms with E-state index in [1.807, 2.05) is 31.2 Å². The maximum atomic E-state index is 4.44. The SMILES string of the molecule is CNCc1cnc(N2CCSCC2)cn1. The maximum Gasteiger partial charge on any atom is 0.147 e. The van der Waals surface area contributed by atoms with Crippen LogP contribution < -0.4 is 10.2 Å². The minimum absolute atomic E-state index is 0.781. The normalized spacial score (nSPS) is 16.7. The number of nitrogens with one attached hydrogen (secondary N) is 1. The third kappa shape index (κ3) is 2.82. The quantitative estimate of drug-likeness (QED) is 0.820. The molecule has 0 aromatic carbocycles. The van der Waals surface area contributed by atoms with Crippen LogP contribution in [-0.4, -0.2) is 41.6 Å². The fourth-order valence-electron chi connectivity index (χ4n) is 1.58. The Morgan fingerprint density at radius 1 is 1.33 bits per heavy atom. The van der Waals surface area contributed by atoms with E-state index in [0.717, 1.165) is 31.1 Å². The van der Waals surface area contributed by atoms with E-state index in [1.165, 1.54) is 11.5 Å². The molecule has 0 spiro atoms. The largest absolute Gasteiger partial charge is 0.354 e. The second-order valence-electron chi connectivity index (χ2n) is 3.50. The van der Waals surface area contributed by atoms with Crippen molar-refractivity contribution in [2.45, 2.75) is 6.54 Å². The third-order valence-electron chi connectivity index (χ3n) is 2.38. The molecule has 0 aliphatic carbocycles. The Kier molecular flexibility index (Phi) is 3.80. The van der Waals surface area contributed by atoms with Gasteiger partial charge in [-0.15, -0.1) is 0 Å². The summed E-state index contributed by atoms with van der Waals surface area (Å²) in [5.41, 5.74) is 0.993. The molecule has 0 atom stereocenters. The van der Waals surface area contributed by atoms with Gasteiger partial charge >= 0.3 is 0 Å². The molecule has 4 nitrogen and oxygen atoms in total. The number of hydrogen-bond donors (Lipinski definition) is 1. The van der Waals surface area contributed by atoms with E-state index in [9.17, 15) is 0 Å². The van der Waals surface area contributed by atoms with Crippen molar-refractivity contribution in [1.82, 2.24) is 15.3 Å². The van der Waals surface area contributed by atoms with Gasteiger partial charge in [-0.2, -0.15) is 11.8 Å². The Hall–Kier alpha value is -0.810. The molecule has 0 unspecified atom stereocenters. The van der Waals surface area contributed by atoms with Crippen molar-refractivity contribution in [1.29, 1.82) is 0 Å². The van der Waals surface area contributed by atoms with E-state index >= 15 is 0 Å². The summed E-state index contributed by atoms with van der Waals surface area (Å²) in [4.78, 5) is 11.1. The molecule has 1 aromatic heterocycles. The van der Waals surface area contributed by atoms with Crippen molar-refractivity contribution in [3.05, 3.63) is 18.1 Å². The Morgan fingerprint density at radius 2 is 2.13 bits per heavy atom. The summed E-state index contributed by atoms with van der Waals surface area (Å²) in [6, 6.07) is 0. The molecule has 15 heavy (non-hydrogen) atoms. The van der Waals surface area contributed by atoms with Gasteiger partial charge in [0.25, 0.3) is 0 Å². The number of anilines is 1. The average Bonchev–Trinajstić information content (AvgIpc) is 2.32. The van der Waals surface area contributed by atoms with Crippen LogP contribution in [0.25, 0.3) is 0 Å². The highest BCUT2D eigenvalue weighted by atomic mass is 32.2. The summed E-state index contributed by atoms with van der Waals surface area (Å²) < 4.78 is 0. The molecule has 2 heterocycles. The van der Waals surface area contributed by atoms with Crippen molar-refractivity contribution < 1.29 is 0 Å². The predicted octanol–water partition coefficient (Wildman–Crippen LogP) is 0.749. The molecule has 1 saturated heterocycles. The summed E-state index contributed by atoms with van der Waals surface area (Å²) in [5.74, 6) is 3.40. The lowest BCUT2D eigenvalue weighted by Gasteiger charge is -2.26. The number of aromatic nitrogens is 2. The van der Waals surface area contributed by atoms with Crippen LogP contribution in [0.5, 0.6) is 0 Å². The minimum Gasteiger partial charge on any atom is -0.354 e. The number of hydrogen-bond acceptors (Lipinski definition) is 5. The smallest absolute Gasteiger partial charge is 0.147 e. The summed E-state index contributed by atoms with van der Waals surface area (Å²) in [5, 5.41) is 3.06. The van der Waals surface area contributed by atoms with E-state index in [-0.39, 0.29) is 0 Å². The van der Waals surface area contributed by atoms with Crippen molar-refractivity contribution in [3.63, 3.8) is 0 Å². The Morgan fingerprint density at radius 3 is 2.73 bits per heavy atom. The van der Waals surface area contributed by atoms with Crippen LogP contribution in [0.3, 0.4) is 0 Å². The van der Waals surface area contributed by atoms with E-state index < -0.39 is 0 Å². The standard InChI is InChI=1S/C10H16N4S/c1-11-6-9-7-13-10(8-12-9)14-2-4-15-5-3-14/h7-8,11H,2-6H2,1H3. The minimum atomic E-state index is 0.781. The molecular weight excluding hydrogens is 208 g/mol. The lowest BCUT2D eigenvalue weighted by molar-refractivity contribution is 0.774. The van der Waals surface area contributed by atoms with Gasteiger partial charge in [0.2, 0.25) is 0 Å². The van der Waals surface area contributed by atoms with Crippen molar-refractivity contribution in [2.24, 2.45) is 0 Å². The Labute approximate surface area is 94.5 Å². The first kappa shape index (κ1) is 10.7. The number of thioether (sulfide) groups is 1. The molecule has 1 aliphatic rings. The molecule has 82 valence electrons. The van der Waals surface area contributed by atoms with Gasteiger partial charge in [0.1, 0.15) is 5.82 Å². The van der Waals surface area contributed by atoms with Crippen molar-refractivity contribution >= 4 is 17.6 Å². The monoisotopic (exact) mass is 224 g/mol. The molecule has 0 amide bonds. The highest BCUT2D eigenvalue weighted by Gasteiger charge is 2.12. The summed E-state index contributed by atoms with van der Waals surface area (Å²) in [6.45, 7) is 2.96. The van der Waals surface area contributed by atoms with E-state index in [4.69, 9.17) is 0 Å². The second kappa shape index (κ2) is 5.32. The molecule has 5 heteroatoms. The fourth-order valence-corrected chi connectivity index (χ4v) is 2.48. The highest BCUT2D eigenvalue weighted by Crippen LogP contribution is 2.15. The Bertz CT molecular complexity index is 295. The van der Waals surface area contributed by atoms with Gasteiger partial charge in [-0.25, -0.2) is 4.98 Å². The van der Waals surface area contributed by atoms with Crippen molar-refractivity contribution in [3.8, 4) is 0 Å². The van der Waals surface area contributed by atoms with Gasteiger partial charge in [-0.05, 0) is 7.05 Å². The van der Waals surface area contributed by atoms with Crippen LogP contribution in [0.1, 0.15) is 5.69 Å². The highest BCUT2D eigenvalue weighted by molar-refractivity contribution is 7.99. The molecule has 0 radical (unpaired) electrons. The summed E-state index contributed by atoms with van der Waals surface area (Å²) in [7, 11) is 1.91. The maximum absolute atomic E-state index is 4.44. The van der Waals surface area contributed by atoms with E-state index in [1.54, 1.807) is 0 Å². The lowest BCUT2D eigenvalue weighted by atomic mass is 10.4.